The molecule has 0 radical (unpaired) electrons. The van der Waals surface area contributed by atoms with E-state index in [-0.39, 0.29) is 5.82 Å². The highest BCUT2D eigenvalue weighted by Gasteiger charge is 2.50. The number of rotatable bonds is 2. The van der Waals surface area contributed by atoms with Crippen LogP contribution in [-0.2, 0) is 0 Å². The fourth-order valence-corrected chi connectivity index (χ4v) is 5.40. The second kappa shape index (κ2) is 4.31. The Morgan fingerprint density at radius 3 is 2.21 bits per heavy atom. The number of benzene rings is 1. The summed E-state index contributed by atoms with van der Waals surface area (Å²) in [6.07, 6.45) is 6.14. The third-order valence-corrected chi connectivity index (χ3v) is 5.85. The third kappa shape index (κ3) is 1.92. The summed E-state index contributed by atoms with van der Waals surface area (Å²) < 4.78 is 13.3. The van der Waals surface area contributed by atoms with E-state index in [1.54, 1.807) is 6.07 Å². The maximum absolute atomic E-state index is 13.3. The summed E-state index contributed by atoms with van der Waals surface area (Å²) >= 11 is 0. The lowest BCUT2D eigenvalue weighted by Crippen LogP contribution is -2.47. The maximum Gasteiger partial charge on any atom is 0.123 e. The van der Waals surface area contributed by atoms with Gasteiger partial charge in [-0.15, -0.1) is 0 Å². The Kier molecular flexibility index (Phi) is 2.70. The van der Waals surface area contributed by atoms with E-state index in [1.165, 1.54) is 44.2 Å². The monoisotopic (exact) mass is 260 g/mol. The Bertz CT molecular complexity index is 456. The molecule has 2 heteroatoms. The second-order valence-corrected chi connectivity index (χ2v) is 7.01. The SMILES string of the molecule is OC(c1cccc(F)c1)C1C2CC3CC(C2)CC1C3. The predicted molar refractivity (Wildman–Crippen MR) is 71.9 cm³/mol. The Morgan fingerprint density at radius 1 is 1.00 bits per heavy atom. The fraction of sp³-hybridized carbons (Fsp3) is 0.647. The van der Waals surface area contributed by atoms with Crippen molar-refractivity contribution in [1.82, 2.24) is 0 Å². The van der Waals surface area contributed by atoms with Gasteiger partial charge in [0.25, 0.3) is 0 Å². The van der Waals surface area contributed by atoms with E-state index in [2.05, 4.69) is 0 Å². The lowest BCUT2D eigenvalue weighted by atomic mass is 9.50. The summed E-state index contributed by atoms with van der Waals surface area (Å²) in [5.74, 6) is 3.32. The maximum atomic E-state index is 13.3. The van der Waals surface area contributed by atoms with Crippen molar-refractivity contribution in [2.24, 2.45) is 29.6 Å². The summed E-state index contributed by atoms with van der Waals surface area (Å²) in [6, 6.07) is 6.55. The minimum Gasteiger partial charge on any atom is -0.388 e. The van der Waals surface area contributed by atoms with Crippen LogP contribution in [0, 0.1) is 35.4 Å². The molecule has 4 saturated carbocycles. The first kappa shape index (κ1) is 11.9. The lowest BCUT2D eigenvalue weighted by Gasteiger charge is -2.55. The molecule has 4 bridgehead atoms. The summed E-state index contributed by atoms with van der Waals surface area (Å²) in [5, 5.41) is 10.7. The van der Waals surface area contributed by atoms with Gasteiger partial charge in [-0.05, 0) is 79.4 Å². The summed E-state index contributed by atoms with van der Waals surface area (Å²) in [5.41, 5.74) is 0.775. The standard InChI is InChI=1S/C17H21FO/c18-15-3-1-2-12(9-15)17(19)16-13-5-10-4-11(7-13)8-14(16)6-10/h1-3,9-11,13-14,16-17,19H,4-8H2. The highest BCUT2D eigenvalue weighted by atomic mass is 19.1. The third-order valence-electron chi connectivity index (χ3n) is 5.85. The highest BCUT2D eigenvalue weighted by Crippen LogP contribution is 2.59. The van der Waals surface area contributed by atoms with Gasteiger partial charge in [0.05, 0.1) is 6.10 Å². The number of aliphatic hydroxyl groups excluding tert-OH is 1. The molecule has 5 rings (SSSR count). The molecule has 0 saturated heterocycles. The van der Waals surface area contributed by atoms with Gasteiger partial charge in [0, 0.05) is 0 Å². The van der Waals surface area contributed by atoms with Gasteiger partial charge in [-0.3, -0.25) is 0 Å². The molecule has 0 spiro atoms. The number of halogens is 1. The number of aliphatic hydroxyl groups is 1. The molecule has 19 heavy (non-hydrogen) atoms. The first-order valence-electron chi connectivity index (χ1n) is 7.64. The molecular formula is C17H21FO. The Hall–Kier alpha value is -0.890. The average Bonchev–Trinajstić information content (AvgIpc) is 2.37. The Morgan fingerprint density at radius 2 is 1.63 bits per heavy atom. The van der Waals surface area contributed by atoms with Gasteiger partial charge >= 0.3 is 0 Å². The molecule has 1 nitrogen and oxygen atoms in total. The highest BCUT2D eigenvalue weighted by molar-refractivity contribution is 5.20. The molecule has 4 fully saturated rings. The molecule has 1 N–H and O–H groups in total. The van der Waals surface area contributed by atoms with Gasteiger partial charge in [0.1, 0.15) is 5.82 Å². The number of hydrogen-bond acceptors (Lipinski definition) is 1. The zero-order valence-electron chi connectivity index (χ0n) is 11.1. The molecule has 0 aliphatic heterocycles. The first-order valence-corrected chi connectivity index (χ1v) is 7.64. The molecule has 1 aromatic carbocycles. The van der Waals surface area contributed by atoms with E-state index < -0.39 is 6.10 Å². The molecule has 1 atom stereocenters. The molecule has 1 aromatic rings. The van der Waals surface area contributed by atoms with Crippen molar-refractivity contribution in [3.63, 3.8) is 0 Å². The average molecular weight is 260 g/mol. The minimum absolute atomic E-state index is 0.236. The van der Waals surface area contributed by atoms with Gasteiger partial charge in [-0.1, -0.05) is 12.1 Å². The van der Waals surface area contributed by atoms with Gasteiger partial charge in [0.2, 0.25) is 0 Å². The minimum atomic E-state index is -0.467. The largest absolute Gasteiger partial charge is 0.388 e. The van der Waals surface area contributed by atoms with Crippen molar-refractivity contribution < 1.29 is 9.50 Å². The van der Waals surface area contributed by atoms with Crippen LogP contribution < -0.4 is 0 Å². The van der Waals surface area contributed by atoms with E-state index in [0.717, 1.165) is 17.4 Å². The zero-order valence-corrected chi connectivity index (χ0v) is 11.1. The fourth-order valence-electron chi connectivity index (χ4n) is 5.40. The Balaban J connectivity index is 1.62. The van der Waals surface area contributed by atoms with Crippen LogP contribution in [0.25, 0.3) is 0 Å². The van der Waals surface area contributed by atoms with Crippen molar-refractivity contribution in [3.05, 3.63) is 35.6 Å². The quantitative estimate of drug-likeness (QED) is 0.854. The van der Waals surface area contributed by atoms with Crippen molar-refractivity contribution in [2.75, 3.05) is 0 Å². The van der Waals surface area contributed by atoms with Crippen LogP contribution in [0.2, 0.25) is 0 Å². The molecule has 1 unspecified atom stereocenters. The molecule has 102 valence electrons. The van der Waals surface area contributed by atoms with E-state index >= 15 is 0 Å². The number of hydrogen-bond donors (Lipinski definition) is 1. The van der Waals surface area contributed by atoms with Crippen LogP contribution in [0.1, 0.15) is 43.8 Å². The normalized spacial score (nSPS) is 41.5. The second-order valence-electron chi connectivity index (χ2n) is 7.01. The smallest absolute Gasteiger partial charge is 0.123 e. The van der Waals surface area contributed by atoms with Crippen LogP contribution in [-0.4, -0.2) is 5.11 Å². The molecule has 0 heterocycles. The van der Waals surface area contributed by atoms with Gasteiger partial charge in [-0.25, -0.2) is 4.39 Å². The topological polar surface area (TPSA) is 20.2 Å². The molecule has 0 amide bonds. The van der Waals surface area contributed by atoms with Crippen molar-refractivity contribution in [3.8, 4) is 0 Å². The predicted octanol–water partition coefficient (Wildman–Crippen LogP) is 3.93. The van der Waals surface area contributed by atoms with Crippen LogP contribution >= 0.6 is 0 Å². The van der Waals surface area contributed by atoms with E-state index in [9.17, 15) is 9.50 Å². The van der Waals surface area contributed by atoms with Crippen molar-refractivity contribution in [2.45, 2.75) is 38.2 Å². The van der Waals surface area contributed by atoms with E-state index in [4.69, 9.17) is 0 Å². The van der Waals surface area contributed by atoms with Crippen LogP contribution in [0.4, 0.5) is 4.39 Å². The zero-order chi connectivity index (χ0) is 13.0. The van der Waals surface area contributed by atoms with Gasteiger partial charge in [0.15, 0.2) is 0 Å². The van der Waals surface area contributed by atoms with Crippen LogP contribution in [0.5, 0.6) is 0 Å². The van der Waals surface area contributed by atoms with Crippen LogP contribution in [0.3, 0.4) is 0 Å². The molecular weight excluding hydrogens is 239 g/mol. The van der Waals surface area contributed by atoms with Gasteiger partial charge < -0.3 is 5.11 Å². The Labute approximate surface area is 113 Å². The van der Waals surface area contributed by atoms with E-state index in [1.807, 2.05) is 6.07 Å². The van der Waals surface area contributed by atoms with Gasteiger partial charge in [-0.2, -0.15) is 0 Å². The summed E-state index contributed by atoms with van der Waals surface area (Å²) in [6.45, 7) is 0. The van der Waals surface area contributed by atoms with Crippen molar-refractivity contribution in [1.29, 1.82) is 0 Å². The van der Waals surface area contributed by atoms with Crippen LogP contribution in [0.15, 0.2) is 24.3 Å². The molecule has 0 aromatic heterocycles. The summed E-state index contributed by atoms with van der Waals surface area (Å²) in [7, 11) is 0. The lowest BCUT2D eigenvalue weighted by molar-refractivity contribution is -0.0908. The molecule has 4 aliphatic rings. The molecule has 4 aliphatic carbocycles. The van der Waals surface area contributed by atoms with E-state index in [0.29, 0.717) is 17.8 Å². The first-order chi connectivity index (χ1) is 9.20. The summed E-state index contributed by atoms with van der Waals surface area (Å²) in [4.78, 5) is 0. The van der Waals surface area contributed by atoms with Crippen molar-refractivity contribution >= 4 is 0 Å².